The van der Waals surface area contributed by atoms with E-state index in [1.165, 1.54) is 0 Å². The number of nitrogens with zero attached hydrogens (tertiary/aromatic N) is 1. The van der Waals surface area contributed by atoms with Crippen LogP contribution in [-0.2, 0) is 0 Å². The van der Waals surface area contributed by atoms with Gasteiger partial charge in [-0.1, -0.05) is 25.7 Å². The van der Waals surface area contributed by atoms with Crippen LogP contribution < -0.4 is 5.32 Å². The Labute approximate surface area is 124 Å². The minimum absolute atomic E-state index is 0.138. The van der Waals surface area contributed by atoms with Gasteiger partial charge in [0.2, 0.25) is 0 Å². The number of amides is 1. The Morgan fingerprint density at radius 3 is 2.30 bits per heavy atom. The van der Waals surface area contributed by atoms with Gasteiger partial charge in [0.1, 0.15) is 5.54 Å². The summed E-state index contributed by atoms with van der Waals surface area (Å²) in [5, 5.41) is 12.4. The maximum Gasteiger partial charge on any atom is 0.252 e. The smallest absolute Gasteiger partial charge is 0.252 e. The maximum atomic E-state index is 12.3. The molecule has 1 saturated carbocycles. The number of thioether (sulfide) groups is 1. The molecule has 1 aromatic rings. The third-order valence-electron chi connectivity index (χ3n) is 3.88. The van der Waals surface area contributed by atoms with Gasteiger partial charge in [-0.05, 0) is 43.4 Å². The molecule has 4 heteroatoms. The quantitative estimate of drug-likeness (QED) is 0.680. The van der Waals surface area contributed by atoms with Crippen LogP contribution in [-0.4, -0.2) is 17.7 Å². The van der Waals surface area contributed by atoms with Crippen LogP contribution in [0.25, 0.3) is 0 Å². The number of carbonyl (C=O) groups excluding carboxylic acids is 1. The molecule has 20 heavy (non-hydrogen) atoms. The van der Waals surface area contributed by atoms with Gasteiger partial charge in [-0.3, -0.25) is 4.79 Å². The highest BCUT2D eigenvalue weighted by atomic mass is 32.2. The molecule has 0 atom stereocenters. The molecule has 2 rings (SSSR count). The average Bonchev–Trinajstić information content (AvgIpc) is 2.73. The van der Waals surface area contributed by atoms with E-state index in [4.69, 9.17) is 0 Å². The molecule has 1 amide bonds. The number of nitriles is 1. The van der Waals surface area contributed by atoms with Gasteiger partial charge in [0.05, 0.1) is 6.07 Å². The Hall–Kier alpha value is -1.47. The molecular weight excluding hydrogens is 268 g/mol. The fourth-order valence-corrected chi connectivity index (χ4v) is 3.04. The number of rotatable bonds is 3. The van der Waals surface area contributed by atoms with Crippen LogP contribution in [0.3, 0.4) is 0 Å². The summed E-state index contributed by atoms with van der Waals surface area (Å²) in [7, 11) is 0. The van der Waals surface area contributed by atoms with Crippen LogP contribution in [0, 0.1) is 11.3 Å². The van der Waals surface area contributed by atoms with Crippen molar-refractivity contribution in [2.45, 2.75) is 49.0 Å². The van der Waals surface area contributed by atoms with Gasteiger partial charge in [0.25, 0.3) is 5.91 Å². The van der Waals surface area contributed by atoms with E-state index in [0.29, 0.717) is 5.56 Å². The summed E-state index contributed by atoms with van der Waals surface area (Å²) in [6.07, 6.45) is 7.86. The summed E-state index contributed by atoms with van der Waals surface area (Å²) in [5.74, 6) is -0.138. The van der Waals surface area contributed by atoms with Gasteiger partial charge >= 0.3 is 0 Å². The lowest BCUT2D eigenvalue weighted by molar-refractivity contribution is 0.0913. The summed E-state index contributed by atoms with van der Waals surface area (Å²) < 4.78 is 0. The molecule has 0 bridgehead atoms. The van der Waals surface area contributed by atoms with E-state index in [1.807, 2.05) is 30.5 Å². The SMILES string of the molecule is CSc1ccc(C(=O)NC2(C#N)CCCCCC2)cc1. The summed E-state index contributed by atoms with van der Waals surface area (Å²) in [4.78, 5) is 13.5. The number of hydrogen-bond donors (Lipinski definition) is 1. The highest BCUT2D eigenvalue weighted by Gasteiger charge is 2.32. The van der Waals surface area contributed by atoms with Gasteiger partial charge in [-0.2, -0.15) is 5.26 Å². The van der Waals surface area contributed by atoms with E-state index >= 15 is 0 Å². The van der Waals surface area contributed by atoms with Gasteiger partial charge in [0.15, 0.2) is 0 Å². The van der Waals surface area contributed by atoms with Crippen molar-refractivity contribution in [2.75, 3.05) is 6.26 Å². The lowest BCUT2D eigenvalue weighted by atomic mass is 9.91. The minimum Gasteiger partial charge on any atom is -0.334 e. The second-order valence-electron chi connectivity index (χ2n) is 5.29. The molecule has 1 fully saturated rings. The highest BCUT2D eigenvalue weighted by Crippen LogP contribution is 2.27. The van der Waals surface area contributed by atoms with Crippen molar-refractivity contribution in [3.63, 3.8) is 0 Å². The fourth-order valence-electron chi connectivity index (χ4n) is 2.63. The Morgan fingerprint density at radius 2 is 1.80 bits per heavy atom. The van der Waals surface area contributed by atoms with Crippen molar-refractivity contribution in [1.82, 2.24) is 5.32 Å². The third-order valence-corrected chi connectivity index (χ3v) is 4.62. The molecule has 0 saturated heterocycles. The monoisotopic (exact) mass is 288 g/mol. The van der Waals surface area contributed by atoms with Crippen molar-refractivity contribution >= 4 is 17.7 Å². The van der Waals surface area contributed by atoms with Crippen LogP contribution in [0.2, 0.25) is 0 Å². The Bertz CT molecular complexity index is 496. The molecular formula is C16H20N2OS. The Morgan fingerprint density at radius 1 is 1.20 bits per heavy atom. The summed E-state index contributed by atoms with van der Waals surface area (Å²) in [6, 6.07) is 9.86. The summed E-state index contributed by atoms with van der Waals surface area (Å²) in [5.41, 5.74) is -0.0483. The first kappa shape index (κ1) is 14.9. The first-order chi connectivity index (χ1) is 9.69. The Kier molecular flexibility index (Phi) is 5.08. The molecule has 1 aromatic carbocycles. The number of nitrogens with one attached hydrogen (secondary N) is 1. The van der Waals surface area contributed by atoms with Gasteiger partial charge in [-0.15, -0.1) is 11.8 Å². The molecule has 0 spiro atoms. The maximum absolute atomic E-state index is 12.3. The molecule has 1 N–H and O–H groups in total. The van der Waals surface area contributed by atoms with E-state index in [-0.39, 0.29) is 5.91 Å². The zero-order valence-corrected chi connectivity index (χ0v) is 12.6. The van der Waals surface area contributed by atoms with Gasteiger partial charge in [0, 0.05) is 10.5 Å². The molecule has 0 unspecified atom stereocenters. The van der Waals surface area contributed by atoms with Crippen molar-refractivity contribution in [3.05, 3.63) is 29.8 Å². The van der Waals surface area contributed by atoms with E-state index in [0.717, 1.165) is 43.4 Å². The first-order valence-corrected chi connectivity index (χ1v) is 8.29. The van der Waals surface area contributed by atoms with Crippen LogP contribution >= 0.6 is 11.8 Å². The molecule has 3 nitrogen and oxygen atoms in total. The minimum atomic E-state index is -0.675. The number of carbonyl (C=O) groups is 1. The van der Waals surface area contributed by atoms with Crippen molar-refractivity contribution in [2.24, 2.45) is 0 Å². The van der Waals surface area contributed by atoms with Crippen LogP contribution in [0.1, 0.15) is 48.9 Å². The van der Waals surface area contributed by atoms with Gasteiger partial charge in [-0.25, -0.2) is 0 Å². The zero-order chi connectivity index (χ0) is 14.4. The summed E-state index contributed by atoms with van der Waals surface area (Å²) >= 11 is 1.65. The number of benzene rings is 1. The Balaban J connectivity index is 2.10. The van der Waals surface area contributed by atoms with Crippen LogP contribution in [0.5, 0.6) is 0 Å². The molecule has 0 radical (unpaired) electrons. The summed E-state index contributed by atoms with van der Waals surface area (Å²) in [6.45, 7) is 0. The normalized spacial score (nSPS) is 17.8. The van der Waals surface area contributed by atoms with Crippen LogP contribution in [0.15, 0.2) is 29.2 Å². The van der Waals surface area contributed by atoms with Crippen molar-refractivity contribution < 1.29 is 4.79 Å². The third kappa shape index (κ3) is 3.55. The number of hydrogen-bond acceptors (Lipinski definition) is 3. The second kappa shape index (κ2) is 6.81. The van der Waals surface area contributed by atoms with E-state index in [1.54, 1.807) is 11.8 Å². The molecule has 0 aliphatic heterocycles. The molecule has 1 aliphatic rings. The first-order valence-electron chi connectivity index (χ1n) is 7.07. The predicted octanol–water partition coefficient (Wildman–Crippen LogP) is 3.75. The van der Waals surface area contributed by atoms with E-state index in [9.17, 15) is 10.1 Å². The topological polar surface area (TPSA) is 52.9 Å². The molecule has 0 heterocycles. The molecule has 0 aromatic heterocycles. The average molecular weight is 288 g/mol. The van der Waals surface area contributed by atoms with Crippen LogP contribution in [0.4, 0.5) is 0 Å². The van der Waals surface area contributed by atoms with Crippen molar-refractivity contribution in [1.29, 1.82) is 5.26 Å². The lowest BCUT2D eigenvalue weighted by Crippen LogP contribution is -2.47. The fraction of sp³-hybridized carbons (Fsp3) is 0.500. The predicted molar refractivity (Wildman–Crippen MR) is 81.7 cm³/mol. The van der Waals surface area contributed by atoms with Crippen molar-refractivity contribution in [3.8, 4) is 6.07 Å². The zero-order valence-electron chi connectivity index (χ0n) is 11.8. The standard InChI is InChI=1S/C16H20N2OS/c1-20-14-8-6-13(7-9-14)15(19)18-16(12-17)10-4-2-3-5-11-16/h6-9H,2-5,10-11H2,1H3,(H,18,19). The van der Waals surface area contributed by atoms with E-state index in [2.05, 4.69) is 11.4 Å². The lowest BCUT2D eigenvalue weighted by Gasteiger charge is -2.26. The van der Waals surface area contributed by atoms with Gasteiger partial charge < -0.3 is 5.32 Å². The van der Waals surface area contributed by atoms with E-state index < -0.39 is 5.54 Å². The molecule has 106 valence electrons. The largest absolute Gasteiger partial charge is 0.334 e. The molecule has 1 aliphatic carbocycles. The highest BCUT2D eigenvalue weighted by molar-refractivity contribution is 7.98. The second-order valence-corrected chi connectivity index (χ2v) is 6.17.